The largest absolute Gasteiger partial charge is 0.396 e. The fourth-order valence-corrected chi connectivity index (χ4v) is 4.97. The second-order valence-electron chi connectivity index (χ2n) is 7.36. The van der Waals surface area contributed by atoms with Crippen molar-refractivity contribution in [3.63, 3.8) is 0 Å². The maximum absolute atomic E-state index is 10.0. The summed E-state index contributed by atoms with van der Waals surface area (Å²) in [5.41, 5.74) is 2.53. The van der Waals surface area contributed by atoms with Crippen LogP contribution in [0.2, 0.25) is 0 Å². The lowest BCUT2D eigenvalue weighted by atomic mass is 9.97. The van der Waals surface area contributed by atoms with Gasteiger partial charge in [0.25, 0.3) is 0 Å². The molecule has 0 bridgehead atoms. The van der Waals surface area contributed by atoms with Crippen LogP contribution in [-0.4, -0.2) is 42.4 Å². The number of aliphatic hydroxyl groups is 1. The molecule has 0 aliphatic carbocycles. The molecule has 1 saturated heterocycles. The first kappa shape index (κ1) is 18.6. The summed E-state index contributed by atoms with van der Waals surface area (Å²) in [5, 5.41) is 13.5. The summed E-state index contributed by atoms with van der Waals surface area (Å²) in [6.07, 6.45) is 2.47. The van der Waals surface area contributed by atoms with Crippen molar-refractivity contribution in [3.8, 4) is 0 Å². The average Bonchev–Trinajstić information content (AvgIpc) is 3.16. The first-order chi connectivity index (χ1) is 13.3. The number of likely N-dealkylation sites (tertiary alicyclic amines) is 1. The van der Waals surface area contributed by atoms with E-state index < -0.39 is 0 Å². The number of nitrogens with zero attached hydrogens (tertiary/aromatic N) is 1. The minimum Gasteiger partial charge on any atom is -0.396 e. The van der Waals surface area contributed by atoms with Gasteiger partial charge in [-0.3, -0.25) is 0 Å². The maximum atomic E-state index is 10.0. The molecular formula is C23H27NO2S. The van der Waals surface area contributed by atoms with E-state index in [1.807, 2.05) is 6.07 Å². The van der Waals surface area contributed by atoms with E-state index in [9.17, 15) is 5.11 Å². The lowest BCUT2D eigenvalue weighted by Crippen LogP contribution is -2.39. The number of piperidine rings is 1. The van der Waals surface area contributed by atoms with E-state index in [2.05, 4.69) is 58.8 Å². The molecule has 1 aromatic heterocycles. The van der Waals surface area contributed by atoms with Crippen LogP contribution in [0.25, 0.3) is 10.1 Å². The van der Waals surface area contributed by atoms with Crippen LogP contribution in [-0.2, 0) is 11.3 Å². The summed E-state index contributed by atoms with van der Waals surface area (Å²) in [6.45, 7) is 3.90. The van der Waals surface area contributed by atoms with Crippen LogP contribution in [0.3, 0.4) is 0 Å². The molecular weight excluding hydrogens is 354 g/mol. The number of thiophene rings is 1. The van der Waals surface area contributed by atoms with Gasteiger partial charge in [0, 0.05) is 30.3 Å². The molecule has 3 aromatic rings. The smallest absolute Gasteiger partial charge is 0.0720 e. The summed E-state index contributed by atoms with van der Waals surface area (Å²) in [7, 11) is 0. The number of benzene rings is 2. The molecule has 1 aliphatic rings. The van der Waals surface area contributed by atoms with Gasteiger partial charge in [0.2, 0.25) is 0 Å². The van der Waals surface area contributed by atoms with Gasteiger partial charge in [0.05, 0.1) is 19.3 Å². The first-order valence-electron chi connectivity index (χ1n) is 9.78. The maximum Gasteiger partial charge on any atom is 0.0720 e. The van der Waals surface area contributed by atoms with E-state index >= 15 is 0 Å². The molecule has 1 atom stereocenters. The third-order valence-electron chi connectivity index (χ3n) is 5.51. The van der Waals surface area contributed by atoms with Gasteiger partial charge < -0.3 is 14.7 Å². The average molecular weight is 382 g/mol. The summed E-state index contributed by atoms with van der Waals surface area (Å²) in [6, 6.07) is 18.9. The number of fused-ring (bicyclic) bond motifs is 1. The zero-order valence-electron chi connectivity index (χ0n) is 15.6. The zero-order chi connectivity index (χ0) is 18.5. The quantitative estimate of drug-likeness (QED) is 0.646. The van der Waals surface area contributed by atoms with E-state index in [0.29, 0.717) is 12.7 Å². The van der Waals surface area contributed by atoms with Gasteiger partial charge in [-0.25, -0.2) is 0 Å². The van der Waals surface area contributed by atoms with Crippen LogP contribution in [0.15, 0.2) is 60.0 Å². The lowest BCUT2D eigenvalue weighted by Gasteiger charge is -2.34. The Morgan fingerprint density at radius 3 is 2.56 bits per heavy atom. The van der Waals surface area contributed by atoms with Crippen LogP contribution in [0.5, 0.6) is 0 Å². The molecule has 27 heavy (non-hydrogen) atoms. The highest BCUT2D eigenvalue weighted by Crippen LogP contribution is 2.32. The Kier molecular flexibility index (Phi) is 6.20. The van der Waals surface area contributed by atoms with E-state index in [1.54, 1.807) is 11.3 Å². The van der Waals surface area contributed by atoms with E-state index in [-0.39, 0.29) is 12.5 Å². The van der Waals surface area contributed by atoms with Gasteiger partial charge in [-0.15, -0.1) is 11.3 Å². The van der Waals surface area contributed by atoms with Crippen LogP contribution in [0.4, 0.5) is 0 Å². The van der Waals surface area contributed by atoms with E-state index in [1.165, 1.54) is 21.2 Å². The molecule has 0 spiro atoms. The van der Waals surface area contributed by atoms with Crippen molar-refractivity contribution in [1.82, 2.24) is 4.90 Å². The lowest BCUT2D eigenvalue weighted by molar-refractivity contribution is -0.00431. The highest BCUT2D eigenvalue weighted by atomic mass is 32.1. The Labute approximate surface area is 165 Å². The molecule has 4 heteroatoms. The summed E-state index contributed by atoms with van der Waals surface area (Å²) >= 11 is 1.77. The number of hydrogen-bond acceptors (Lipinski definition) is 4. The monoisotopic (exact) mass is 381 g/mol. The molecule has 1 fully saturated rings. The molecule has 0 amide bonds. The second-order valence-corrected chi connectivity index (χ2v) is 8.27. The second kappa shape index (κ2) is 8.98. The van der Waals surface area contributed by atoms with Crippen molar-refractivity contribution in [2.75, 3.05) is 26.2 Å². The van der Waals surface area contributed by atoms with Crippen LogP contribution >= 0.6 is 11.3 Å². The minimum absolute atomic E-state index is 0.183. The Balaban J connectivity index is 1.30. The molecule has 142 valence electrons. The first-order valence-corrected chi connectivity index (χ1v) is 10.7. The standard InChI is InChI=1S/C23H27NO2S/c25-15-19(22-17-27-23-9-5-4-8-21(22)23)14-24-12-10-20(11-13-24)26-16-18-6-2-1-3-7-18/h1-9,17,19-20,25H,10-16H2. The summed E-state index contributed by atoms with van der Waals surface area (Å²) in [4.78, 5) is 2.48. The highest BCUT2D eigenvalue weighted by molar-refractivity contribution is 7.17. The zero-order valence-corrected chi connectivity index (χ0v) is 16.4. The minimum atomic E-state index is 0.183. The van der Waals surface area contributed by atoms with E-state index in [4.69, 9.17) is 4.74 Å². The van der Waals surface area contributed by atoms with Gasteiger partial charge in [-0.1, -0.05) is 48.5 Å². The predicted molar refractivity (Wildman–Crippen MR) is 112 cm³/mol. The number of hydrogen-bond donors (Lipinski definition) is 1. The van der Waals surface area contributed by atoms with Gasteiger partial charge in [0.1, 0.15) is 0 Å². The molecule has 1 N–H and O–H groups in total. The summed E-state index contributed by atoms with van der Waals surface area (Å²) in [5.74, 6) is 0.183. The van der Waals surface area contributed by atoms with Crippen molar-refractivity contribution < 1.29 is 9.84 Å². The predicted octanol–water partition coefficient (Wildman–Crippen LogP) is 4.66. The third-order valence-corrected chi connectivity index (χ3v) is 6.49. The van der Waals surface area contributed by atoms with Gasteiger partial charge in [0.15, 0.2) is 0 Å². The van der Waals surface area contributed by atoms with Gasteiger partial charge in [-0.05, 0) is 40.8 Å². The van der Waals surface area contributed by atoms with Gasteiger partial charge >= 0.3 is 0 Å². The Bertz CT molecular complexity index is 840. The van der Waals surface area contributed by atoms with Crippen molar-refractivity contribution in [1.29, 1.82) is 0 Å². The number of ether oxygens (including phenoxy) is 1. The molecule has 2 aromatic carbocycles. The molecule has 3 nitrogen and oxygen atoms in total. The highest BCUT2D eigenvalue weighted by Gasteiger charge is 2.24. The van der Waals surface area contributed by atoms with Crippen molar-refractivity contribution >= 4 is 21.4 Å². The Hall–Kier alpha value is -1.72. The molecule has 1 unspecified atom stereocenters. The summed E-state index contributed by atoms with van der Waals surface area (Å²) < 4.78 is 7.41. The van der Waals surface area contributed by atoms with Crippen molar-refractivity contribution in [2.45, 2.75) is 31.5 Å². The van der Waals surface area contributed by atoms with Crippen molar-refractivity contribution in [3.05, 3.63) is 71.1 Å². The molecule has 4 rings (SSSR count). The Morgan fingerprint density at radius 2 is 1.78 bits per heavy atom. The van der Waals surface area contributed by atoms with Crippen LogP contribution in [0.1, 0.15) is 29.9 Å². The molecule has 0 radical (unpaired) electrons. The third kappa shape index (κ3) is 4.58. The number of aliphatic hydroxyl groups excluding tert-OH is 1. The van der Waals surface area contributed by atoms with Crippen LogP contribution in [0, 0.1) is 0 Å². The van der Waals surface area contributed by atoms with Crippen LogP contribution < -0.4 is 0 Å². The molecule has 1 aliphatic heterocycles. The fourth-order valence-electron chi connectivity index (χ4n) is 3.93. The van der Waals surface area contributed by atoms with E-state index in [0.717, 1.165) is 32.5 Å². The topological polar surface area (TPSA) is 32.7 Å². The fraction of sp³-hybridized carbons (Fsp3) is 0.391. The number of rotatable bonds is 7. The van der Waals surface area contributed by atoms with Crippen molar-refractivity contribution in [2.24, 2.45) is 0 Å². The molecule has 0 saturated carbocycles. The SMILES string of the molecule is OCC(CN1CCC(OCc2ccccc2)CC1)c1csc2ccccc12. The van der Waals surface area contributed by atoms with Gasteiger partial charge in [-0.2, -0.15) is 0 Å². The Morgan fingerprint density at radius 1 is 1.04 bits per heavy atom. The normalized spacial score (nSPS) is 17.4. The molecule has 2 heterocycles.